The number of nitrogens with zero attached hydrogens (tertiary/aromatic N) is 4. The lowest BCUT2D eigenvalue weighted by Gasteiger charge is -2.35. The van der Waals surface area contributed by atoms with E-state index in [1.165, 1.54) is 29.0 Å². The molecule has 1 fully saturated rings. The van der Waals surface area contributed by atoms with Crippen LogP contribution in [0.1, 0.15) is 55.9 Å². The SMILES string of the molecule is COc1cc(C(=O)N(C)c2ccc(C)cc2OCCCCC(C=O)N2CCN(C)CC2)ccc1C(=O)Nc1ccccc1C(=O)N(C)C. The summed E-state index contributed by atoms with van der Waals surface area (Å²) in [6.07, 6.45) is 3.47. The van der Waals surface area contributed by atoms with Crippen LogP contribution < -0.4 is 19.7 Å². The molecule has 1 heterocycles. The second kappa shape index (κ2) is 16.9. The third kappa shape index (κ3) is 8.99. The van der Waals surface area contributed by atoms with Crippen molar-refractivity contribution >= 4 is 35.4 Å². The summed E-state index contributed by atoms with van der Waals surface area (Å²) in [5.74, 6) is -0.221. The molecule has 0 saturated carbocycles. The van der Waals surface area contributed by atoms with E-state index in [9.17, 15) is 19.2 Å². The maximum Gasteiger partial charge on any atom is 0.259 e. The van der Waals surface area contributed by atoms with Gasteiger partial charge >= 0.3 is 0 Å². The van der Waals surface area contributed by atoms with Crippen LogP contribution in [0.5, 0.6) is 11.5 Å². The van der Waals surface area contributed by atoms with Crippen LogP contribution in [0.2, 0.25) is 0 Å². The molecule has 48 heavy (non-hydrogen) atoms. The standard InChI is InChI=1S/C37H47N5O6/c1-26-14-17-32(34(23-26)48-22-10-9-11-28(25-43)42-20-18-40(4)19-21-42)41(5)36(45)27-15-16-30(33(24-27)47-6)35(44)38-31-13-8-7-12-29(31)37(46)39(2)3/h7-8,12-17,23-25,28H,9-11,18-22H2,1-6H3,(H,38,44). The second-order valence-corrected chi connectivity index (χ2v) is 12.3. The number of para-hydroxylation sites is 1. The molecule has 4 rings (SSSR count). The first-order chi connectivity index (χ1) is 23.0. The molecule has 0 spiro atoms. The number of anilines is 2. The summed E-state index contributed by atoms with van der Waals surface area (Å²) in [6, 6.07) is 17.0. The van der Waals surface area contributed by atoms with E-state index in [1.807, 2.05) is 25.1 Å². The third-order valence-electron chi connectivity index (χ3n) is 8.60. The summed E-state index contributed by atoms with van der Waals surface area (Å²) in [6.45, 7) is 6.16. The van der Waals surface area contributed by atoms with Crippen molar-refractivity contribution in [1.29, 1.82) is 0 Å². The number of methoxy groups -OCH3 is 1. The number of aryl methyl sites for hydroxylation is 1. The van der Waals surface area contributed by atoms with Crippen molar-refractivity contribution in [3.8, 4) is 11.5 Å². The number of aldehydes is 1. The molecule has 3 aromatic rings. The van der Waals surface area contributed by atoms with Crippen LogP contribution in [-0.4, -0.2) is 113 Å². The van der Waals surface area contributed by atoms with Gasteiger partial charge in [-0.25, -0.2) is 0 Å². The van der Waals surface area contributed by atoms with Crippen molar-refractivity contribution in [2.75, 3.05) is 78.3 Å². The number of likely N-dealkylation sites (N-methyl/N-ethyl adjacent to an activating group) is 1. The lowest BCUT2D eigenvalue weighted by atomic mass is 10.1. The van der Waals surface area contributed by atoms with Gasteiger partial charge in [-0.3, -0.25) is 19.3 Å². The molecule has 1 saturated heterocycles. The molecular formula is C37H47N5O6. The molecular weight excluding hydrogens is 610 g/mol. The molecule has 1 atom stereocenters. The maximum atomic E-state index is 13.7. The van der Waals surface area contributed by atoms with Gasteiger partial charge in [0.25, 0.3) is 17.7 Å². The molecule has 0 aliphatic carbocycles. The van der Waals surface area contributed by atoms with Crippen molar-refractivity contribution in [2.45, 2.75) is 32.2 Å². The van der Waals surface area contributed by atoms with Crippen LogP contribution in [0.15, 0.2) is 60.7 Å². The maximum absolute atomic E-state index is 13.7. The number of unbranched alkanes of at least 4 members (excludes halogenated alkanes) is 1. The van der Waals surface area contributed by atoms with Gasteiger partial charge in [0.05, 0.1) is 42.3 Å². The largest absolute Gasteiger partial charge is 0.496 e. The van der Waals surface area contributed by atoms with Crippen LogP contribution in [0.4, 0.5) is 11.4 Å². The Morgan fingerprint density at radius 3 is 2.31 bits per heavy atom. The van der Waals surface area contributed by atoms with E-state index in [4.69, 9.17) is 9.47 Å². The Kier molecular flexibility index (Phi) is 12.7. The predicted molar refractivity (Wildman–Crippen MR) is 188 cm³/mol. The van der Waals surface area contributed by atoms with Gasteiger partial charge < -0.3 is 34.3 Å². The van der Waals surface area contributed by atoms with Gasteiger partial charge in [-0.15, -0.1) is 0 Å². The topological polar surface area (TPSA) is 112 Å². The van der Waals surface area contributed by atoms with Gasteiger partial charge in [-0.05, 0) is 81.3 Å². The Morgan fingerprint density at radius 1 is 0.896 bits per heavy atom. The number of amides is 3. The summed E-state index contributed by atoms with van der Waals surface area (Å²) < 4.78 is 11.7. The number of hydrogen-bond acceptors (Lipinski definition) is 8. The minimum atomic E-state index is -0.476. The highest BCUT2D eigenvalue weighted by Gasteiger charge is 2.23. The van der Waals surface area contributed by atoms with Gasteiger partial charge in [0, 0.05) is 52.9 Å². The van der Waals surface area contributed by atoms with Crippen molar-refractivity contribution in [3.05, 3.63) is 82.9 Å². The number of ether oxygens (including phenoxy) is 2. The molecule has 1 aliphatic rings. The number of nitrogens with one attached hydrogen (secondary N) is 1. The predicted octanol–water partition coefficient (Wildman–Crippen LogP) is 4.60. The highest BCUT2D eigenvalue weighted by Crippen LogP contribution is 2.31. The number of carbonyl (C=O) groups excluding carboxylic acids is 4. The van der Waals surface area contributed by atoms with Crippen molar-refractivity contribution in [1.82, 2.24) is 14.7 Å². The van der Waals surface area contributed by atoms with E-state index in [1.54, 1.807) is 51.5 Å². The molecule has 1 unspecified atom stereocenters. The smallest absolute Gasteiger partial charge is 0.259 e. The van der Waals surface area contributed by atoms with Crippen LogP contribution in [-0.2, 0) is 4.79 Å². The summed E-state index contributed by atoms with van der Waals surface area (Å²) in [4.78, 5) is 58.9. The van der Waals surface area contributed by atoms with E-state index in [2.05, 4.69) is 22.2 Å². The zero-order valence-electron chi connectivity index (χ0n) is 28.8. The Bertz CT molecular complexity index is 1600. The van der Waals surface area contributed by atoms with Gasteiger partial charge in [0.2, 0.25) is 0 Å². The number of carbonyl (C=O) groups is 4. The summed E-state index contributed by atoms with van der Waals surface area (Å²) in [5, 5.41) is 2.80. The zero-order chi connectivity index (χ0) is 34.8. The minimum Gasteiger partial charge on any atom is -0.496 e. The van der Waals surface area contributed by atoms with Gasteiger partial charge in [0.1, 0.15) is 17.8 Å². The molecule has 3 amide bonds. The van der Waals surface area contributed by atoms with E-state index in [0.717, 1.165) is 57.3 Å². The summed E-state index contributed by atoms with van der Waals surface area (Å²) in [7, 11) is 8.50. The average Bonchev–Trinajstić information content (AvgIpc) is 3.09. The molecule has 0 aromatic heterocycles. The highest BCUT2D eigenvalue weighted by molar-refractivity contribution is 6.12. The van der Waals surface area contributed by atoms with E-state index >= 15 is 0 Å². The first-order valence-electron chi connectivity index (χ1n) is 16.2. The quantitative estimate of drug-likeness (QED) is 0.198. The third-order valence-corrected chi connectivity index (χ3v) is 8.60. The van der Waals surface area contributed by atoms with Crippen molar-refractivity contribution < 1.29 is 28.7 Å². The first-order valence-corrected chi connectivity index (χ1v) is 16.2. The van der Waals surface area contributed by atoms with E-state index < -0.39 is 5.91 Å². The fraction of sp³-hybridized carbons (Fsp3) is 0.405. The molecule has 11 nitrogen and oxygen atoms in total. The molecule has 1 N–H and O–H groups in total. The number of benzene rings is 3. The fourth-order valence-electron chi connectivity index (χ4n) is 5.67. The summed E-state index contributed by atoms with van der Waals surface area (Å²) in [5.41, 5.74) is 2.87. The van der Waals surface area contributed by atoms with Gasteiger partial charge in [-0.2, -0.15) is 0 Å². The van der Waals surface area contributed by atoms with Gasteiger partial charge in [-0.1, -0.05) is 18.2 Å². The average molecular weight is 658 g/mol. The van der Waals surface area contributed by atoms with Gasteiger partial charge in [0.15, 0.2) is 0 Å². The van der Waals surface area contributed by atoms with Crippen LogP contribution in [0.25, 0.3) is 0 Å². The zero-order valence-corrected chi connectivity index (χ0v) is 28.8. The molecule has 0 radical (unpaired) electrons. The van der Waals surface area contributed by atoms with E-state index in [-0.39, 0.29) is 29.2 Å². The monoisotopic (exact) mass is 657 g/mol. The Hall–Kier alpha value is -4.74. The van der Waals surface area contributed by atoms with Crippen molar-refractivity contribution in [3.63, 3.8) is 0 Å². The second-order valence-electron chi connectivity index (χ2n) is 12.3. The number of piperazine rings is 1. The number of rotatable bonds is 14. The molecule has 11 heteroatoms. The van der Waals surface area contributed by atoms with E-state index in [0.29, 0.717) is 34.9 Å². The van der Waals surface area contributed by atoms with Crippen LogP contribution in [0.3, 0.4) is 0 Å². The lowest BCUT2D eigenvalue weighted by Crippen LogP contribution is -2.49. The molecule has 1 aliphatic heterocycles. The Morgan fingerprint density at radius 2 is 1.62 bits per heavy atom. The molecule has 256 valence electrons. The summed E-state index contributed by atoms with van der Waals surface area (Å²) >= 11 is 0. The van der Waals surface area contributed by atoms with Crippen LogP contribution in [0, 0.1) is 6.92 Å². The van der Waals surface area contributed by atoms with Crippen LogP contribution >= 0.6 is 0 Å². The highest BCUT2D eigenvalue weighted by atomic mass is 16.5. The normalized spacial score (nSPS) is 14.1. The molecule has 0 bridgehead atoms. The number of hydrogen-bond donors (Lipinski definition) is 1. The Balaban J connectivity index is 1.41. The Labute approximate surface area is 283 Å². The fourth-order valence-corrected chi connectivity index (χ4v) is 5.67. The lowest BCUT2D eigenvalue weighted by molar-refractivity contribution is -0.113. The van der Waals surface area contributed by atoms with Crippen molar-refractivity contribution in [2.24, 2.45) is 0 Å². The molecule has 3 aromatic carbocycles. The minimum absolute atomic E-state index is 0.0745. The first kappa shape index (κ1) is 36.1.